The first-order valence-corrected chi connectivity index (χ1v) is 10.6. The maximum atomic E-state index is 13.1. The molecule has 0 aliphatic heterocycles. The molecule has 9 heteroatoms. The van der Waals surface area contributed by atoms with E-state index in [-0.39, 0.29) is 5.91 Å². The largest absolute Gasteiger partial charge is 0.342 e. The van der Waals surface area contributed by atoms with Crippen molar-refractivity contribution in [2.75, 3.05) is 5.43 Å². The van der Waals surface area contributed by atoms with Crippen molar-refractivity contribution in [3.63, 3.8) is 0 Å². The fourth-order valence-electron chi connectivity index (χ4n) is 3.07. The molecule has 0 spiro atoms. The molecular formula is C22H18ClFN4O2S. The highest BCUT2D eigenvalue weighted by Crippen LogP contribution is 2.28. The molecule has 0 bridgehead atoms. The van der Waals surface area contributed by atoms with Crippen LogP contribution in [0.25, 0.3) is 10.2 Å². The van der Waals surface area contributed by atoms with Crippen LogP contribution < -0.4 is 10.7 Å². The number of aromatic nitrogens is 2. The van der Waals surface area contributed by atoms with Crippen molar-refractivity contribution in [1.29, 1.82) is 0 Å². The first-order chi connectivity index (χ1) is 14.7. The van der Waals surface area contributed by atoms with Gasteiger partial charge in [0.1, 0.15) is 10.6 Å². The SMILES string of the molecule is CC(C)(NC(=O)c1cc2cnn(NC(=O)c3ccc(F)cc3)c2s1)c1cccc(Cl)c1. The van der Waals surface area contributed by atoms with Crippen LogP contribution in [0.2, 0.25) is 5.02 Å². The second kappa shape index (κ2) is 8.13. The van der Waals surface area contributed by atoms with Gasteiger partial charge in [-0.1, -0.05) is 23.7 Å². The Bertz CT molecular complexity index is 1280. The predicted molar refractivity (Wildman–Crippen MR) is 120 cm³/mol. The number of hydrogen-bond donors (Lipinski definition) is 2. The highest BCUT2D eigenvalue weighted by atomic mass is 35.5. The van der Waals surface area contributed by atoms with E-state index in [0.29, 0.717) is 20.3 Å². The number of amides is 2. The van der Waals surface area contributed by atoms with Crippen molar-refractivity contribution in [2.24, 2.45) is 0 Å². The average Bonchev–Trinajstić information content (AvgIpc) is 3.30. The first kappa shape index (κ1) is 21.0. The summed E-state index contributed by atoms with van der Waals surface area (Å²) >= 11 is 7.29. The van der Waals surface area contributed by atoms with Gasteiger partial charge in [-0.2, -0.15) is 9.89 Å². The molecule has 2 aromatic heterocycles. The Balaban J connectivity index is 1.53. The topological polar surface area (TPSA) is 76.0 Å². The summed E-state index contributed by atoms with van der Waals surface area (Å²) in [6.45, 7) is 3.79. The molecule has 2 heterocycles. The molecule has 31 heavy (non-hydrogen) atoms. The molecular weight excluding hydrogens is 439 g/mol. The predicted octanol–water partition coefficient (Wildman–Crippen LogP) is 4.94. The van der Waals surface area contributed by atoms with Gasteiger partial charge in [0.2, 0.25) is 0 Å². The van der Waals surface area contributed by atoms with Gasteiger partial charge in [0.15, 0.2) is 0 Å². The van der Waals surface area contributed by atoms with Gasteiger partial charge < -0.3 is 5.32 Å². The number of benzene rings is 2. The van der Waals surface area contributed by atoms with E-state index in [1.165, 1.54) is 40.4 Å². The van der Waals surface area contributed by atoms with Crippen LogP contribution in [-0.4, -0.2) is 21.7 Å². The summed E-state index contributed by atoms with van der Waals surface area (Å²) in [5.41, 5.74) is 3.18. The van der Waals surface area contributed by atoms with E-state index >= 15 is 0 Å². The Morgan fingerprint density at radius 1 is 1.10 bits per heavy atom. The van der Waals surface area contributed by atoms with E-state index in [9.17, 15) is 14.0 Å². The summed E-state index contributed by atoms with van der Waals surface area (Å²) < 4.78 is 13.1. The molecule has 0 radical (unpaired) electrons. The minimum absolute atomic E-state index is 0.248. The molecule has 4 aromatic rings. The molecule has 158 valence electrons. The quantitative estimate of drug-likeness (QED) is 0.446. The molecule has 2 aromatic carbocycles. The molecule has 0 atom stereocenters. The summed E-state index contributed by atoms with van der Waals surface area (Å²) in [7, 11) is 0. The van der Waals surface area contributed by atoms with Crippen LogP contribution in [-0.2, 0) is 5.54 Å². The van der Waals surface area contributed by atoms with Gasteiger partial charge in [-0.25, -0.2) is 9.82 Å². The molecule has 0 saturated carbocycles. The van der Waals surface area contributed by atoms with Crippen LogP contribution in [0.15, 0.2) is 60.8 Å². The van der Waals surface area contributed by atoms with Gasteiger partial charge in [0, 0.05) is 16.0 Å². The van der Waals surface area contributed by atoms with Gasteiger partial charge >= 0.3 is 0 Å². The lowest BCUT2D eigenvalue weighted by atomic mass is 9.94. The number of fused-ring (bicyclic) bond motifs is 1. The highest BCUT2D eigenvalue weighted by Gasteiger charge is 2.25. The number of nitrogens with zero attached hydrogens (tertiary/aromatic N) is 2. The Morgan fingerprint density at radius 2 is 1.84 bits per heavy atom. The Hall–Kier alpha value is -3.23. The monoisotopic (exact) mass is 456 g/mol. The summed E-state index contributed by atoms with van der Waals surface area (Å²) in [4.78, 5) is 27.7. The fraction of sp³-hybridized carbons (Fsp3) is 0.136. The summed E-state index contributed by atoms with van der Waals surface area (Å²) in [5.74, 6) is -1.11. The molecule has 4 rings (SSSR count). The smallest absolute Gasteiger partial charge is 0.271 e. The van der Waals surface area contributed by atoms with Gasteiger partial charge in [-0.3, -0.25) is 9.59 Å². The molecule has 6 nitrogen and oxygen atoms in total. The van der Waals surface area contributed by atoms with Crippen molar-refractivity contribution in [1.82, 2.24) is 15.2 Å². The Labute approximate surface area is 186 Å². The molecule has 2 N–H and O–H groups in total. The van der Waals surface area contributed by atoms with Gasteiger partial charge in [0.25, 0.3) is 11.8 Å². The number of thiophene rings is 1. The standard InChI is InChI=1S/C22H18ClFN4O2S/c1-22(2,15-4-3-5-16(23)11-15)26-20(30)18-10-14-12-25-28(21(14)31-18)27-19(29)13-6-8-17(24)9-7-13/h3-12H,1-2H3,(H,26,30)(H,27,29). The number of nitrogens with one attached hydrogen (secondary N) is 2. The number of carbonyl (C=O) groups is 2. The van der Waals surface area contributed by atoms with Gasteiger partial charge in [-0.05, 0) is 61.9 Å². The zero-order valence-electron chi connectivity index (χ0n) is 16.6. The van der Waals surface area contributed by atoms with E-state index < -0.39 is 17.3 Å². The van der Waals surface area contributed by atoms with E-state index in [2.05, 4.69) is 15.8 Å². The maximum Gasteiger partial charge on any atom is 0.271 e. The van der Waals surface area contributed by atoms with Crippen molar-refractivity contribution >= 4 is 45.0 Å². The fourth-order valence-corrected chi connectivity index (χ4v) is 4.21. The molecule has 2 amide bonds. The maximum absolute atomic E-state index is 13.1. The number of carbonyl (C=O) groups excluding carboxylic acids is 2. The molecule has 0 unspecified atom stereocenters. The summed E-state index contributed by atoms with van der Waals surface area (Å²) in [5, 5.41) is 8.48. The Morgan fingerprint density at radius 3 is 2.55 bits per heavy atom. The van der Waals surface area contributed by atoms with Crippen molar-refractivity contribution in [2.45, 2.75) is 19.4 Å². The molecule has 0 fully saturated rings. The Kier molecular flexibility index (Phi) is 5.51. The van der Waals surface area contributed by atoms with Crippen LogP contribution in [0, 0.1) is 5.82 Å². The second-order valence-electron chi connectivity index (χ2n) is 7.46. The van der Waals surface area contributed by atoms with Crippen LogP contribution in [0.4, 0.5) is 4.39 Å². The van der Waals surface area contributed by atoms with Crippen LogP contribution in [0.1, 0.15) is 39.4 Å². The minimum Gasteiger partial charge on any atom is -0.342 e. The van der Waals surface area contributed by atoms with E-state index in [0.717, 1.165) is 10.9 Å². The van der Waals surface area contributed by atoms with Crippen LogP contribution in [0.5, 0.6) is 0 Å². The average molecular weight is 457 g/mol. The normalized spacial score (nSPS) is 11.5. The lowest BCUT2D eigenvalue weighted by Crippen LogP contribution is -2.40. The van der Waals surface area contributed by atoms with E-state index in [1.54, 1.807) is 18.3 Å². The van der Waals surface area contributed by atoms with E-state index in [1.807, 2.05) is 32.0 Å². The third kappa shape index (κ3) is 4.45. The first-order valence-electron chi connectivity index (χ1n) is 9.36. The third-order valence-electron chi connectivity index (χ3n) is 4.75. The lowest BCUT2D eigenvalue weighted by molar-refractivity contribution is 0.0915. The number of halogens is 2. The van der Waals surface area contributed by atoms with Crippen molar-refractivity contribution in [3.05, 3.63) is 87.6 Å². The summed E-state index contributed by atoms with van der Waals surface area (Å²) in [6, 6.07) is 14.2. The van der Waals surface area contributed by atoms with Crippen molar-refractivity contribution in [3.8, 4) is 0 Å². The van der Waals surface area contributed by atoms with Gasteiger partial charge in [0.05, 0.1) is 16.6 Å². The molecule has 0 saturated heterocycles. The summed E-state index contributed by atoms with van der Waals surface area (Å²) in [6.07, 6.45) is 1.57. The van der Waals surface area contributed by atoms with Crippen molar-refractivity contribution < 1.29 is 14.0 Å². The zero-order chi connectivity index (χ0) is 22.2. The minimum atomic E-state index is -0.638. The van der Waals surface area contributed by atoms with Gasteiger partial charge in [-0.15, -0.1) is 11.3 Å². The zero-order valence-corrected chi connectivity index (χ0v) is 18.2. The highest BCUT2D eigenvalue weighted by molar-refractivity contribution is 7.20. The number of hydrogen-bond acceptors (Lipinski definition) is 4. The lowest BCUT2D eigenvalue weighted by Gasteiger charge is -2.26. The van der Waals surface area contributed by atoms with Crippen LogP contribution in [0.3, 0.4) is 0 Å². The number of rotatable bonds is 5. The molecule has 0 aliphatic rings. The third-order valence-corrected chi connectivity index (χ3v) is 6.12. The molecule has 0 aliphatic carbocycles. The van der Waals surface area contributed by atoms with Crippen LogP contribution >= 0.6 is 22.9 Å². The second-order valence-corrected chi connectivity index (χ2v) is 8.93. The van der Waals surface area contributed by atoms with E-state index in [4.69, 9.17) is 11.6 Å².